The lowest BCUT2D eigenvalue weighted by Gasteiger charge is -2.28. The van der Waals surface area contributed by atoms with Crippen LogP contribution < -0.4 is 0 Å². The summed E-state index contributed by atoms with van der Waals surface area (Å²) in [5.41, 5.74) is -0.672. The van der Waals surface area contributed by atoms with E-state index in [-0.39, 0.29) is 140 Å². The summed E-state index contributed by atoms with van der Waals surface area (Å²) in [5, 5.41) is 196. The molecule has 0 aromatic heterocycles. The molecule has 0 spiro atoms. The van der Waals surface area contributed by atoms with E-state index < -0.39 is 18.3 Å². The van der Waals surface area contributed by atoms with E-state index in [1.165, 1.54) is 96.3 Å². The zero-order valence-corrected chi connectivity index (χ0v) is 82.9. The highest BCUT2D eigenvalue weighted by Crippen LogP contribution is 2.30. The summed E-state index contributed by atoms with van der Waals surface area (Å²) in [6, 6.07) is 0. The molecule has 0 saturated carbocycles. The van der Waals surface area contributed by atoms with Gasteiger partial charge in [-0.1, -0.05) is 304 Å². The van der Waals surface area contributed by atoms with Crippen LogP contribution in [-0.4, -0.2) is 254 Å². The van der Waals surface area contributed by atoms with Gasteiger partial charge in [-0.2, -0.15) is 0 Å². The van der Waals surface area contributed by atoms with Gasteiger partial charge in [0.15, 0.2) is 0 Å². The third-order valence-electron chi connectivity index (χ3n) is 23.1. The minimum atomic E-state index is -0.508. The van der Waals surface area contributed by atoms with Crippen molar-refractivity contribution in [2.45, 2.75) is 495 Å². The molecule has 22 heteroatoms. The number of unbranched alkanes of at least 4 members (excludes halogenated alkanes) is 13. The van der Waals surface area contributed by atoms with Gasteiger partial charge in [-0.15, -0.1) is 0 Å². The Balaban J connectivity index is -0.000000122. The van der Waals surface area contributed by atoms with Gasteiger partial charge in [-0.05, 0) is 177 Å². The second-order valence-electron chi connectivity index (χ2n) is 34.7. The van der Waals surface area contributed by atoms with E-state index in [0.29, 0.717) is 30.1 Å². The van der Waals surface area contributed by atoms with Crippen molar-refractivity contribution in [1.29, 1.82) is 0 Å². The maximum atomic E-state index is 9.30. The van der Waals surface area contributed by atoms with Gasteiger partial charge in [-0.25, -0.2) is 0 Å². The number of aliphatic hydroxyl groups is 22. The van der Waals surface area contributed by atoms with Gasteiger partial charge in [-0.3, -0.25) is 0 Å². The molecule has 0 heterocycles. The summed E-state index contributed by atoms with van der Waals surface area (Å²) >= 11 is 0. The second-order valence-corrected chi connectivity index (χ2v) is 34.7. The monoisotopic (exact) mass is 1760 g/mol. The Labute approximate surface area is 748 Å². The molecule has 11 unspecified atom stereocenters. The van der Waals surface area contributed by atoms with Gasteiger partial charge in [0, 0.05) is 55.9 Å². The van der Waals surface area contributed by atoms with Crippen LogP contribution in [0, 0.1) is 45.8 Å². The molecule has 0 amide bonds. The highest BCUT2D eigenvalue weighted by molar-refractivity contribution is 4.78. The van der Waals surface area contributed by atoms with Gasteiger partial charge >= 0.3 is 0 Å². The highest BCUT2D eigenvalue weighted by atomic mass is 16.3. The molecule has 0 bridgehead atoms. The maximum absolute atomic E-state index is 9.30. The Morgan fingerprint density at radius 3 is 0.884 bits per heavy atom. The molecular formula is C99H220O22. The molecule has 0 aliphatic rings. The number of hydrogen-bond acceptors (Lipinski definition) is 22. The Bertz CT molecular complexity index is 1660. The zero-order chi connectivity index (χ0) is 95.1. The predicted molar refractivity (Wildman–Crippen MR) is 511 cm³/mol. The molecular weight excluding hydrogens is 1540 g/mol. The topological polar surface area (TPSA) is 445 Å². The van der Waals surface area contributed by atoms with Crippen molar-refractivity contribution in [3.8, 4) is 0 Å². The van der Waals surface area contributed by atoms with Crippen molar-refractivity contribution in [1.82, 2.24) is 0 Å². The smallest absolute Gasteiger partial charge is 0.0773 e. The SMILES string of the molecule is CCC(CC)CCC(O)CO.CCC(CO)CC(CC)CO.CCC(O)CCCC(O)CC.CCCC(CC)CC(O)CO.CCCC(CO)(CO)CCC.CCCCC(CC)(CO)CO.CCCCC(CO)CCCO.CCCCCC(C)(CO)CO.CCCCCC(O)CCCO.CCCCCCC(O)CCO.CCCCCCCC(O)CO. The molecule has 121 heavy (non-hydrogen) atoms. The molecule has 0 rings (SSSR count). The van der Waals surface area contributed by atoms with Gasteiger partial charge in [0.25, 0.3) is 0 Å². The molecule has 11 atom stereocenters. The average Bonchev–Trinajstić information content (AvgIpc) is 0.897. The number of hydrogen-bond donors (Lipinski definition) is 22. The minimum absolute atomic E-state index is 0.0895. The first-order valence-corrected chi connectivity index (χ1v) is 49.8. The van der Waals surface area contributed by atoms with E-state index >= 15 is 0 Å². The Morgan fingerprint density at radius 1 is 0.190 bits per heavy atom. The summed E-state index contributed by atoms with van der Waals surface area (Å²) in [6.45, 7) is 39.4. The fraction of sp³-hybridized carbons (Fsp3) is 1.00. The Kier molecular flexibility index (Phi) is 139. The van der Waals surface area contributed by atoms with Gasteiger partial charge in [0.1, 0.15) is 0 Å². The number of aliphatic hydroxyl groups excluding tert-OH is 22. The van der Waals surface area contributed by atoms with E-state index in [9.17, 15) is 10.2 Å². The van der Waals surface area contributed by atoms with E-state index in [2.05, 4.69) is 96.9 Å². The zero-order valence-electron chi connectivity index (χ0n) is 82.9. The van der Waals surface area contributed by atoms with E-state index in [4.69, 9.17) is 102 Å². The van der Waals surface area contributed by atoms with Crippen molar-refractivity contribution >= 4 is 0 Å². The molecule has 0 aliphatic carbocycles. The van der Waals surface area contributed by atoms with Crippen LogP contribution in [0.1, 0.15) is 452 Å². The van der Waals surface area contributed by atoms with Crippen LogP contribution in [0.2, 0.25) is 0 Å². The molecule has 22 nitrogen and oxygen atoms in total. The highest BCUT2D eigenvalue weighted by Gasteiger charge is 2.27. The number of rotatable bonds is 70. The third-order valence-corrected chi connectivity index (χ3v) is 23.1. The average molecular weight is 1760 g/mol. The van der Waals surface area contributed by atoms with Crippen molar-refractivity contribution in [3.05, 3.63) is 0 Å². The van der Waals surface area contributed by atoms with Crippen LogP contribution >= 0.6 is 0 Å². The molecule has 0 radical (unpaired) electrons. The molecule has 0 aromatic rings. The predicted octanol–water partition coefficient (Wildman–Crippen LogP) is 17.6. The quantitative estimate of drug-likeness (QED) is 0.0251. The van der Waals surface area contributed by atoms with Crippen LogP contribution in [0.3, 0.4) is 0 Å². The normalized spacial score (nSPS) is 13.9. The van der Waals surface area contributed by atoms with Crippen molar-refractivity contribution < 1.29 is 112 Å². The summed E-state index contributed by atoms with van der Waals surface area (Å²) in [4.78, 5) is 0. The van der Waals surface area contributed by atoms with E-state index in [0.717, 1.165) is 231 Å². The Morgan fingerprint density at radius 2 is 0.537 bits per heavy atom. The molecule has 0 fully saturated rings. The fourth-order valence-corrected chi connectivity index (χ4v) is 13.0. The molecule has 0 aliphatic heterocycles. The standard InChI is InChI=1S/11C9H20O2/c1-3-4-5-6-9(2,7-10)8-11;1-3-8(6-10)5-9(4-2)7-11;1-3-8(4-2)5-6-9(11)7-10;1-3-8(10)6-5-7-9(11)4-2;1-3-5-8(4-2)6-9(11)7-10;1-3-5-6-9(4-2,7-10)8-11;1-3-5-9(7-10,8-11)6-4-2;1-2-3-5-9(8-11)6-4-7-10;1-2-3-4-6-9(11)7-5-8-10;1-2-3-4-5-6-9(11)7-8-10;1-2-3-4-5-6-7-9(11)8-10/h10-11H,3-8H2,1-2H3;4*8-11H,3-7H2,1-2H3;2*10-11H,3-8H2,1-2H3;4*9-11H,2-8H2,1H3. The van der Waals surface area contributed by atoms with Crippen LogP contribution in [0.5, 0.6) is 0 Å². The summed E-state index contributed by atoms with van der Waals surface area (Å²) in [7, 11) is 0. The largest absolute Gasteiger partial charge is 0.396 e. The second kappa shape index (κ2) is 117. The van der Waals surface area contributed by atoms with Gasteiger partial charge in [0.05, 0.1) is 102 Å². The lowest BCUT2D eigenvalue weighted by atomic mass is 9.81. The minimum Gasteiger partial charge on any atom is -0.396 e. The first-order valence-electron chi connectivity index (χ1n) is 49.8. The lowest BCUT2D eigenvalue weighted by molar-refractivity contribution is 0.0385. The van der Waals surface area contributed by atoms with E-state index in [1.807, 2.05) is 27.7 Å². The third kappa shape index (κ3) is 113. The molecule has 748 valence electrons. The summed E-state index contributed by atoms with van der Waals surface area (Å²) in [6.07, 6.45) is 49.7. The van der Waals surface area contributed by atoms with Gasteiger partial charge < -0.3 is 112 Å². The van der Waals surface area contributed by atoms with Crippen molar-refractivity contribution in [3.63, 3.8) is 0 Å². The summed E-state index contributed by atoms with van der Waals surface area (Å²) < 4.78 is 0. The van der Waals surface area contributed by atoms with Gasteiger partial charge in [0.2, 0.25) is 0 Å². The van der Waals surface area contributed by atoms with Crippen molar-refractivity contribution in [2.24, 2.45) is 45.8 Å². The Hall–Kier alpha value is -0.880. The first kappa shape index (κ1) is 143. The maximum Gasteiger partial charge on any atom is 0.0773 e. The van der Waals surface area contributed by atoms with E-state index in [1.54, 1.807) is 0 Å². The molecule has 22 N–H and O–H groups in total. The summed E-state index contributed by atoms with van der Waals surface area (Å²) in [5.74, 6) is 2.49. The van der Waals surface area contributed by atoms with Crippen LogP contribution in [0.25, 0.3) is 0 Å². The van der Waals surface area contributed by atoms with Crippen molar-refractivity contribution in [2.75, 3.05) is 99.1 Å². The molecule has 0 aromatic carbocycles. The first-order chi connectivity index (χ1) is 57.9. The fourth-order valence-electron chi connectivity index (χ4n) is 13.0. The van der Waals surface area contributed by atoms with Crippen LogP contribution in [0.15, 0.2) is 0 Å². The molecule has 0 saturated heterocycles. The lowest BCUT2D eigenvalue weighted by Crippen LogP contribution is -2.29. The van der Waals surface area contributed by atoms with Crippen LogP contribution in [0.4, 0.5) is 0 Å². The van der Waals surface area contributed by atoms with Crippen LogP contribution in [-0.2, 0) is 0 Å².